The molecule has 0 bridgehead atoms. The van der Waals surface area contributed by atoms with E-state index in [4.69, 9.17) is 21.6 Å². The maximum atomic E-state index is 13.4. The van der Waals surface area contributed by atoms with Crippen LogP contribution in [-0.4, -0.2) is 29.9 Å². The van der Waals surface area contributed by atoms with Gasteiger partial charge in [-0.1, -0.05) is 35.9 Å². The minimum atomic E-state index is -0.106. The summed E-state index contributed by atoms with van der Waals surface area (Å²) in [7, 11) is 0. The Bertz CT molecular complexity index is 1460. The van der Waals surface area contributed by atoms with Crippen LogP contribution in [0.5, 0.6) is 0 Å². The number of nitriles is 1. The van der Waals surface area contributed by atoms with Crippen LogP contribution in [0, 0.1) is 11.3 Å². The molecule has 6 heteroatoms. The first-order chi connectivity index (χ1) is 16.4. The lowest BCUT2D eigenvalue weighted by molar-refractivity contribution is -0.00520. The number of fused-ring (bicyclic) bond motifs is 1. The summed E-state index contributed by atoms with van der Waals surface area (Å²) in [6.45, 7) is 5.67. The summed E-state index contributed by atoms with van der Waals surface area (Å²) >= 11 is 6.69. The van der Waals surface area contributed by atoms with E-state index in [1.807, 2.05) is 54.6 Å². The zero-order chi connectivity index (χ0) is 23.8. The number of halogens is 1. The minimum Gasteiger partial charge on any atom is -0.372 e. The zero-order valence-electron chi connectivity index (χ0n) is 19.0. The molecule has 34 heavy (non-hydrogen) atoms. The van der Waals surface area contributed by atoms with Crippen molar-refractivity contribution in [1.29, 1.82) is 5.26 Å². The zero-order valence-corrected chi connectivity index (χ0v) is 19.8. The molecule has 1 aliphatic heterocycles. The summed E-state index contributed by atoms with van der Waals surface area (Å²) in [4.78, 5) is 15.7. The van der Waals surface area contributed by atoms with Crippen molar-refractivity contribution in [3.05, 3.63) is 93.9 Å². The molecule has 3 aromatic carbocycles. The lowest BCUT2D eigenvalue weighted by atomic mass is 9.98. The fourth-order valence-electron chi connectivity index (χ4n) is 4.73. The Balaban J connectivity index is 1.53. The van der Waals surface area contributed by atoms with E-state index in [1.54, 1.807) is 22.9 Å². The van der Waals surface area contributed by atoms with E-state index in [2.05, 4.69) is 24.8 Å². The average Bonchev–Trinajstić information content (AvgIpc) is 2.83. The number of aromatic nitrogens is 1. The molecule has 170 valence electrons. The van der Waals surface area contributed by atoms with Gasteiger partial charge >= 0.3 is 0 Å². The van der Waals surface area contributed by atoms with E-state index in [0.29, 0.717) is 16.0 Å². The highest BCUT2D eigenvalue weighted by Gasteiger charge is 2.24. The largest absolute Gasteiger partial charge is 0.372 e. The fraction of sp³-hybridized carbons (Fsp3) is 0.214. The third-order valence-corrected chi connectivity index (χ3v) is 6.54. The number of benzene rings is 3. The number of ether oxygens (including phenoxy) is 1. The van der Waals surface area contributed by atoms with Crippen molar-refractivity contribution in [2.45, 2.75) is 26.1 Å². The smallest absolute Gasteiger partial charge is 0.262 e. The number of hydrogen-bond donors (Lipinski definition) is 0. The van der Waals surface area contributed by atoms with E-state index < -0.39 is 0 Å². The molecule has 1 saturated heterocycles. The molecular weight excluding hydrogens is 446 g/mol. The predicted octanol–water partition coefficient (Wildman–Crippen LogP) is 5.80. The van der Waals surface area contributed by atoms with Gasteiger partial charge in [-0.15, -0.1) is 0 Å². The molecule has 1 fully saturated rings. The maximum Gasteiger partial charge on any atom is 0.262 e. The SMILES string of the molecule is CC1CN(c2ccc(-n3ccc4c(-c5ccc(C#N)cc5)cccc4c3=O)cc2Cl)CC(C)O1. The molecule has 2 heterocycles. The first kappa shape index (κ1) is 22.2. The summed E-state index contributed by atoms with van der Waals surface area (Å²) in [5.74, 6) is 0. The second-order valence-electron chi connectivity index (χ2n) is 8.74. The summed E-state index contributed by atoms with van der Waals surface area (Å²) in [6, 6.07) is 23.0. The van der Waals surface area contributed by atoms with Crippen LogP contribution in [0.1, 0.15) is 19.4 Å². The molecular formula is C28H24ClN3O2. The van der Waals surface area contributed by atoms with E-state index in [1.165, 1.54) is 0 Å². The Hall–Kier alpha value is -3.59. The van der Waals surface area contributed by atoms with Gasteiger partial charge in [-0.05, 0) is 72.8 Å². The summed E-state index contributed by atoms with van der Waals surface area (Å²) in [5.41, 5.74) is 4.08. The quantitative estimate of drug-likeness (QED) is 0.380. The number of pyridine rings is 1. The molecule has 4 aromatic rings. The molecule has 5 nitrogen and oxygen atoms in total. The third kappa shape index (κ3) is 4.07. The predicted molar refractivity (Wildman–Crippen MR) is 137 cm³/mol. The van der Waals surface area contributed by atoms with Gasteiger partial charge < -0.3 is 9.64 Å². The Morgan fingerprint density at radius 1 is 0.971 bits per heavy atom. The lowest BCUT2D eigenvalue weighted by Gasteiger charge is -2.37. The van der Waals surface area contributed by atoms with Crippen molar-refractivity contribution in [2.75, 3.05) is 18.0 Å². The van der Waals surface area contributed by atoms with Gasteiger partial charge in [0.2, 0.25) is 0 Å². The topological polar surface area (TPSA) is 58.3 Å². The highest BCUT2D eigenvalue weighted by molar-refractivity contribution is 6.33. The average molecular weight is 470 g/mol. The summed E-state index contributed by atoms with van der Waals surface area (Å²) in [5, 5.41) is 11.2. The van der Waals surface area contributed by atoms with E-state index in [-0.39, 0.29) is 17.8 Å². The van der Waals surface area contributed by atoms with Crippen LogP contribution in [-0.2, 0) is 4.74 Å². The van der Waals surface area contributed by atoms with Crippen LogP contribution < -0.4 is 10.5 Å². The molecule has 0 saturated carbocycles. The van der Waals surface area contributed by atoms with Crippen LogP contribution in [0.25, 0.3) is 27.6 Å². The van der Waals surface area contributed by atoms with Gasteiger partial charge in [0.15, 0.2) is 0 Å². The molecule has 1 aromatic heterocycles. The second kappa shape index (κ2) is 8.98. The van der Waals surface area contributed by atoms with Crippen LogP contribution in [0.3, 0.4) is 0 Å². The number of nitrogens with zero attached hydrogens (tertiary/aromatic N) is 3. The Labute approximate surface area is 203 Å². The lowest BCUT2D eigenvalue weighted by Crippen LogP contribution is -2.45. The monoisotopic (exact) mass is 469 g/mol. The van der Waals surface area contributed by atoms with Gasteiger partial charge in [-0.3, -0.25) is 9.36 Å². The van der Waals surface area contributed by atoms with Gasteiger partial charge in [0.25, 0.3) is 5.56 Å². The Morgan fingerprint density at radius 2 is 1.71 bits per heavy atom. The van der Waals surface area contributed by atoms with Crippen molar-refractivity contribution in [2.24, 2.45) is 0 Å². The van der Waals surface area contributed by atoms with Gasteiger partial charge in [0.05, 0.1) is 40.2 Å². The Kier molecular flexibility index (Phi) is 5.87. The Morgan fingerprint density at radius 3 is 2.38 bits per heavy atom. The fourth-order valence-corrected chi connectivity index (χ4v) is 5.03. The molecule has 1 aliphatic rings. The third-order valence-electron chi connectivity index (χ3n) is 6.24. The first-order valence-corrected chi connectivity index (χ1v) is 11.7. The summed E-state index contributed by atoms with van der Waals surface area (Å²) < 4.78 is 7.47. The summed E-state index contributed by atoms with van der Waals surface area (Å²) in [6.07, 6.45) is 2.06. The highest BCUT2D eigenvalue weighted by atomic mass is 35.5. The van der Waals surface area contributed by atoms with Crippen molar-refractivity contribution in [3.8, 4) is 22.9 Å². The van der Waals surface area contributed by atoms with Gasteiger partial charge in [0, 0.05) is 24.7 Å². The number of rotatable bonds is 3. The van der Waals surface area contributed by atoms with Gasteiger partial charge in [0.1, 0.15) is 0 Å². The molecule has 2 atom stereocenters. The number of morpholine rings is 1. The molecule has 5 rings (SSSR count). The van der Waals surface area contributed by atoms with Crippen LogP contribution >= 0.6 is 11.6 Å². The van der Waals surface area contributed by atoms with Gasteiger partial charge in [-0.25, -0.2) is 0 Å². The van der Waals surface area contributed by atoms with E-state index in [9.17, 15) is 4.79 Å². The van der Waals surface area contributed by atoms with Gasteiger partial charge in [-0.2, -0.15) is 5.26 Å². The van der Waals surface area contributed by atoms with E-state index >= 15 is 0 Å². The molecule has 2 unspecified atom stereocenters. The minimum absolute atomic E-state index is 0.106. The molecule has 0 N–H and O–H groups in total. The van der Waals surface area contributed by atoms with Crippen molar-refractivity contribution in [3.63, 3.8) is 0 Å². The first-order valence-electron chi connectivity index (χ1n) is 11.3. The second-order valence-corrected chi connectivity index (χ2v) is 9.15. The van der Waals surface area contributed by atoms with E-state index in [0.717, 1.165) is 41.0 Å². The van der Waals surface area contributed by atoms with Crippen LogP contribution in [0.4, 0.5) is 5.69 Å². The standard InChI is InChI=1S/C28H24ClN3O2/c1-18-16-31(17-19(2)34-18)27-11-10-22(14-26(27)29)32-13-12-24-23(4-3-5-25(24)28(32)33)21-8-6-20(15-30)7-9-21/h3-14,18-19H,16-17H2,1-2H3. The van der Waals surface area contributed by atoms with Crippen LogP contribution in [0.15, 0.2) is 77.7 Å². The van der Waals surface area contributed by atoms with Crippen LogP contribution in [0.2, 0.25) is 5.02 Å². The number of anilines is 1. The molecule has 0 amide bonds. The molecule has 0 aliphatic carbocycles. The number of hydrogen-bond acceptors (Lipinski definition) is 4. The highest BCUT2D eigenvalue weighted by Crippen LogP contribution is 2.31. The molecule has 0 radical (unpaired) electrons. The van der Waals surface area contributed by atoms with Crippen molar-refractivity contribution in [1.82, 2.24) is 4.57 Å². The van der Waals surface area contributed by atoms with Crippen molar-refractivity contribution < 1.29 is 4.74 Å². The van der Waals surface area contributed by atoms with Crippen molar-refractivity contribution >= 4 is 28.1 Å². The molecule has 0 spiro atoms. The maximum absolute atomic E-state index is 13.4. The normalized spacial score (nSPS) is 18.1.